The van der Waals surface area contributed by atoms with E-state index in [-0.39, 0.29) is 5.41 Å². The molecule has 0 saturated carbocycles. The minimum atomic E-state index is -0.0753. The van der Waals surface area contributed by atoms with Crippen molar-refractivity contribution in [3.05, 3.63) is 62.8 Å². The summed E-state index contributed by atoms with van der Waals surface area (Å²) >= 11 is 3.67. The third-order valence-corrected chi connectivity index (χ3v) is 7.04. The van der Waals surface area contributed by atoms with Gasteiger partial charge in [-0.2, -0.15) is 0 Å². The topological polar surface area (TPSA) is 58.1 Å². The van der Waals surface area contributed by atoms with Gasteiger partial charge >= 0.3 is 0 Å². The Morgan fingerprint density at radius 1 is 1.21 bits per heavy atom. The molecule has 5 rings (SSSR count). The quantitative estimate of drug-likeness (QED) is 0.531. The van der Waals surface area contributed by atoms with Gasteiger partial charge in [-0.05, 0) is 76.1 Å². The number of nitrogens with one attached hydrogen (secondary N) is 2. The van der Waals surface area contributed by atoms with E-state index >= 15 is 0 Å². The predicted molar refractivity (Wildman–Crippen MR) is 115 cm³/mol. The second-order valence-electron chi connectivity index (χ2n) is 7.88. The number of methoxy groups -OCH3 is 1. The van der Waals surface area contributed by atoms with Crippen molar-refractivity contribution >= 4 is 32.5 Å². The van der Waals surface area contributed by atoms with Crippen LogP contribution in [0.4, 0.5) is 0 Å². The van der Waals surface area contributed by atoms with E-state index in [2.05, 4.69) is 51.2 Å². The first-order valence-electron chi connectivity index (χ1n) is 9.69. The number of H-pyrrole nitrogens is 1. The van der Waals surface area contributed by atoms with E-state index in [1.807, 2.05) is 6.92 Å². The molecule has 3 aromatic rings. The molecule has 2 aliphatic rings. The minimum Gasteiger partial charge on any atom is -0.496 e. The SMILES string of the molecule is COc1cc2c(cc1Br)Cc1c([nH]c3cc(C(C)=N)ccc13)C21CCOCC1. The molecule has 1 aromatic heterocycles. The highest BCUT2D eigenvalue weighted by molar-refractivity contribution is 9.10. The van der Waals surface area contributed by atoms with Crippen molar-refractivity contribution < 1.29 is 9.47 Å². The number of fused-ring (bicyclic) bond motifs is 6. The maximum absolute atomic E-state index is 7.99. The number of benzene rings is 2. The molecule has 2 aromatic carbocycles. The van der Waals surface area contributed by atoms with E-state index in [1.165, 1.54) is 27.8 Å². The largest absolute Gasteiger partial charge is 0.496 e. The molecular formula is C23H23BrN2O2. The minimum absolute atomic E-state index is 0.0753. The van der Waals surface area contributed by atoms with Gasteiger partial charge in [0.2, 0.25) is 0 Å². The highest BCUT2D eigenvalue weighted by Gasteiger charge is 2.44. The van der Waals surface area contributed by atoms with Crippen molar-refractivity contribution in [1.29, 1.82) is 5.41 Å². The van der Waals surface area contributed by atoms with Crippen LogP contribution in [0.2, 0.25) is 0 Å². The third kappa shape index (κ3) is 2.49. The van der Waals surface area contributed by atoms with E-state index in [0.717, 1.165) is 53.8 Å². The molecule has 144 valence electrons. The summed E-state index contributed by atoms with van der Waals surface area (Å²) in [6, 6.07) is 10.8. The zero-order valence-corrected chi connectivity index (χ0v) is 17.7. The van der Waals surface area contributed by atoms with Gasteiger partial charge in [-0.3, -0.25) is 0 Å². The number of hydrogen-bond donors (Lipinski definition) is 2. The van der Waals surface area contributed by atoms with E-state index in [0.29, 0.717) is 5.71 Å². The van der Waals surface area contributed by atoms with Crippen molar-refractivity contribution in [2.75, 3.05) is 20.3 Å². The van der Waals surface area contributed by atoms with Gasteiger partial charge in [0, 0.05) is 47.4 Å². The van der Waals surface area contributed by atoms with Crippen molar-refractivity contribution in [2.45, 2.75) is 31.6 Å². The van der Waals surface area contributed by atoms with Crippen molar-refractivity contribution in [3.8, 4) is 5.75 Å². The number of ether oxygens (including phenoxy) is 2. The lowest BCUT2D eigenvalue weighted by atomic mass is 9.65. The van der Waals surface area contributed by atoms with Crippen LogP contribution in [-0.2, 0) is 16.6 Å². The Labute approximate surface area is 172 Å². The summed E-state index contributed by atoms with van der Waals surface area (Å²) in [5, 5.41) is 9.25. The summed E-state index contributed by atoms with van der Waals surface area (Å²) in [5.41, 5.74) is 8.03. The average molecular weight is 439 g/mol. The highest BCUT2D eigenvalue weighted by Crippen LogP contribution is 2.51. The highest BCUT2D eigenvalue weighted by atomic mass is 79.9. The summed E-state index contributed by atoms with van der Waals surface area (Å²) in [6.07, 6.45) is 2.82. The molecule has 0 unspecified atom stereocenters. The molecule has 4 nitrogen and oxygen atoms in total. The molecule has 2 heterocycles. The fourth-order valence-electron chi connectivity index (χ4n) is 4.99. The Kier molecular flexibility index (Phi) is 4.14. The predicted octanol–water partition coefficient (Wildman–Crippen LogP) is 5.33. The molecule has 2 N–H and O–H groups in total. The Hall–Kier alpha value is -2.11. The summed E-state index contributed by atoms with van der Waals surface area (Å²) in [7, 11) is 1.72. The molecule has 0 amide bonds. The van der Waals surface area contributed by atoms with Gasteiger partial charge in [-0.15, -0.1) is 0 Å². The number of aromatic nitrogens is 1. The standard InChI is InChI=1S/C23H23BrN2O2/c1-13(25)14-3-4-16-17-9-15-10-19(24)21(27-2)12-18(15)23(5-7-28-8-6-23)22(17)26-20(16)11-14/h3-4,10-12,25-26H,5-9H2,1-2H3. The average Bonchev–Trinajstić information content (AvgIpc) is 3.07. The molecule has 1 fully saturated rings. The summed E-state index contributed by atoms with van der Waals surface area (Å²) in [4.78, 5) is 3.76. The summed E-state index contributed by atoms with van der Waals surface area (Å²) < 4.78 is 12.4. The van der Waals surface area contributed by atoms with Crippen LogP contribution in [0.25, 0.3) is 10.9 Å². The molecule has 0 atom stereocenters. The van der Waals surface area contributed by atoms with E-state index in [4.69, 9.17) is 14.9 Å². The van der Waals surface area contributed by atoms with Gasteiger partial charge in [0.25, 0.3) is 0 Å². The van der Waals surface area contributed by atoms with E-state index < -0.39 is 0 Å². The Morgan fingerprint density at radius 2 is 2.00 bits per heavy atom. The molecule has 0 bridgehead atoms. The van der Waals surface area contributed by atoms with Crippen LogP contribution in [0.3, 0.4) is 0 Å². The monoisotopic (exact) mass is 438 g/mol. The first-order valence-corrected chi connectivity index (χ1v) is 10.5. The molecular weight excluding hydrogens is 416 g/mol. The lowest BCUT2D eigenvalue weighted by Crippen LogP contribution is -2.39. The van der Waals surface area contributed by atoms with Crippen molar-refractivity contribution in [3.63, 3.8) is 0 Å². The Bertz CT molecular complexity index is 1110. The lowest BCUT2D eigenvalue weighted by Gasteiger charge is -2.42. The Morgan fingerprint density at radius 3 is 2.71 bits per heavy atom. The first-order chi connectivity index (χ1) is 13.5. The van der Waals surface area contributed by atoms with Crippen LogP contribution in [-0.4, -0.2) is 31.0 Å². The smallest absolute Gasteiger partial charge is 0.133 e. The van der Waals surface area contributed by atoms with Crippen LogP contribution >= 0.6 is 15.9 Å². The first kappa shape index (κ1) is 18.0. The molecule has 1 spiro atoms. The zero-order chi connectivity index (χ0) is 19.5. The maximum atomic E-state index is 7.99. The van der Waals surface area contributed by atoms with Gasteiger partial charge in [0.1, 0.15) is 5.75 Å². The molecule has 1 saturated heterocycles. The normalized spacial score (nSPS) is 17.4. The summed E-state index contributed by atoms with van der Waals surface area (Å²) in [6.45, 7) is 3.36. The van der Waals surface area contributed by atoms with Gasteiger partial charge in [0.15, 0.2) is 0 Å². The molecule has 28 heavy (non-hydrogen) atoms. The molecule has 1 aliphatic carbocycles. The second kappa shape index (κ2) is 6.46. The maximum Gasteiger partial charge on any atom is 0.133 e. The number of halogens is 1. The van der Waals surface area contributed by atoms with E-state index in [1.54, 1.807) is 7.11 Å². The van der Waals surface area contributed by atoms with Crippen LogP contribution in [0, 0.1) is 5.41 Å². The molecule has 0 radical (unpaired) electrons. The summed E-state index contributed by atoms with van der Waals surface area (Å²) in [5.74, 6) is 0.880. The van der Waals surface area contributed by atoms with Crippen LogP contribution in [0.1, 0.15) is 47.7 Å². The lowest BCUT2D eigenvalue weighted by molar-refractivity contribution is 0.0608. The van der Waals surface area contributed by atoms with Crippen LogP contribution in [0.15, 0.2) is 34.8 Å². The van der Waals surface area contributed by atoms with Crippen LogP contribution in [0.5, 0.6) is 5.75 Å². The van der Waals surface area contributed by atoms with Crippen molar-refractivity contribution in [1.82, 2.24) is 4.98 Å². The van der Waals surface area contributed by atoms with Crippen LogP contribution < -0.4 is 4.74 Å². The third-order valence-electron chi connectivity index (χ3n) is 6.42. The second-order valence-corrected chi connectivity index (χ2v) is 8.73. The van der Waals surface area contributed by atoms with E-state index in [9.17, 15) is 0 Å². The van der Waals surface area contributed by atoms with Gasteiger partial charge in [-0.1, -0.05) is 12.1 Å². The fraction of sp³-hybridized carbons (Fsp3) is 0.348. The molecule has 1 aliphatic heterocycles. The Balaban J connectivity index is 1.79. The number of aromatic amines is 1. The molecule has 5 heteroatoms. The zero-order valence-electron chi connectivity index (χ0n) is 16.1. The number of rotatable bonds is 2. The fourth-order valence-corrected chi connectivity index (χ4v) is 5.54. The van der Waals surface area contributed by atoms with Gasteiger partial charge in [0.05, 0.1) is 11.6 Å². The van der Waals surface area contributed by atoms with Gasteiger partial charge in [-0.25, -0.2) is 0 Å². The number of hydrogen-bond acceptors (Lipinski definition) is 3. The van der Waals surface area contributed by atoms with Crippen molar-refractivity contribution in [2.24, 2.45) is 0 Å². The van der Waals surface area contributed by atoms with Gasteiger partial charge < -0.3 is 19.9 Å².